The number of rotatable bonds is 3. The minimum absolute atomic E-state index is 0.0609. The lowest BCUT2D eigenvalue weighted by molar-refractivity contribution is -0.160. The number of allylic oxidation sites excluding steroid dienone is 1. The minimum atomic E-state index is -1.37. The molecule has 4 rings (SSSR count). The van der Waals surface area contributed by atoms with Crippen LogP contribution in [0, 0.1) is 23.7 Å². The molecule has 1 saturated carbocycles. The van der Waals surface area contributed by atoms with Gasteiger partial charge in [0.05, 0.1) is 5.69 Å². The molecule has 1 aliphatic heterocycles. The van der Waals surface area contributed by atoms with Crippen molar-refractivity contribution in [2.45, 2.75) is 52.7 Å². The van der Waals surface area contributed by atoms with E-state index in [2.05, 4.69) is 43.1 Å². The van der Waals surface area contributed by atoms with E-state index in [0.29, 0.717) is 12.3 Å². The van der Waals surface area contributed by atoms with E-state index in [9.17, 15) is 9.90 Å². The van der Waals surface area contributed by atoms with Gasteiger partial charge in [0, 0.05) is 17.7 Å². The Kier molecular flexibility index (Phi) is 6.77. The Balaban J connectivity index is 0.00000124. The Morgan fingerprint density at radius 2 is 1.77 bits per heavy atom. The molecule has 4 heteroatoms. The van der Waals surface area contributed by atoms with Gasteiger partial charge in [0.25, 0.3) is 0 Å². The number of pyridine rings is 1. The molecule has 0 bridgehead atoms. The monoisotopic (exact) mass is 407 g/mol. The average molecular weight is 408 g/mol. The van der Waals surface area contributed by atoms with Crippen LogP contribution in [0.2, 0.25) is 0 Å². The number of carbonyl (C=O) groups excluding carboxylic acids is 1. The van der Waals surface area contributed by atoms with Gasteiger partial charge in [-0.05, 0) is 48.8 Å². The Labute approximate surface area is 180 Å². The summed E-state index contributed by atoms with van der Waals surface area (Å²) in [5, 5.41) is 11.0. The number of benzene rings is 1. The van der Waals surface area contributed by atoms with Gasteiger partial charge in [0.1, 0.15) is 6.10 Å². The first-order valence-corrected chi connectivity index (χ1v) is 11.0. The molecule has 0 radical (unpaired) electrons. The van der Waals surface area contributed by atoms with Crippen molar-refractivity contribution in [2.75, 3.05) is 0 Å². The lowest BCUT2D eigenvalue weighted by atomic mass is 9.60. The number of aromatic nitrogens is 1. The van der Waals surface area contributed by atoms with Crippen molar-refractivity contribution < 1.29 is 14.6 Å². The van der Waals surface area contributed by atoms with Crippen LogP contribution in [0.25, 0.3) is 17.2 Å². The fourth-order valence-corrected chi connectivity index (χ4v) is 4.91. The standard InChI is InChI=1S/C24H27NO3.C2H6/c1-15-13-24(27)22(17(3)28-23(24)26)21(16(15)2)12-11-20-10-9-19(14-25-20)18-7-5-4-6-8-18;1-2/h4-12,14-17,21-22,27H,13H2,1-3H3;1-2H3/b12-11+;. The van der Waals surface area contributed by atoms with E-state index in [4.69, 9.17) is 4.74 Å². The zero-order valence-electron chi connectivity index (χ0n) is 18.6. The largest absolute Gasteiger partial charge is 0.460 e. The molecule has 2 heterocycles. The molecule has 2 fully saturated rings. The number of esters is 1. The molecule has 1 aromatic heterocycles. The number of hydrogen-bond acceptors (Lipinski definition) is 4. The maximum absolute atomic E-state index is 12.3. The topological polar surface area (TPSA) is 59.4 Å². The lowest BCUT2D eigenvalue weighted by Gasteiger charge is -2.44. The van der Waals surface area contributed by atoms with Crippen molar-refractivity contribution >= 4 is 12.0 Å². The molecule has 160 valence electrons. The van der Waals surface area contributed by atoms with E-state index in [1.54, 1.807) is 0 Å². The zero-order valence-corrected chi connectivity index (χ0v) is 18.6. The highest BCUT2D eigenvalue weighted by Gasteiger charge is 2.61. The summed E-state index contributed by atoms with van der Waals surface area (Å²) in [6.45, 7) is 10.2. The van der Waals surface area contributed by atoms with E-state index in [0.717, 1.165) is 16.8 Å². The second kappa shape index (κ2) is 9.13. The number of aliphatic hydroxyl groups is 1. The first-order chi connectivity index (χ1) is 14.4. The number of hydrogen-bond donors (Lipinski definition) is 1. The summed E-state index contributed by atoms with van der Waals surface area (Å²) in [6, 6.07) is 14.2. The summed E-state index contributed by atoms with van der Waals surface area (Å²) in [4.78, 5) is 16.8. The molecule has 2 aliphatic rings. The highest BCUT2D eigenvalue weighted by molar-refractivity contribution is 5.82. The average Bonchev–Trinajstić information content (AvgIpc) is 2.99. The maximum Gasteiger partial charge on any atom is 0.338 e. The number of ether oxygens (including phenoxy) is 1. The maximum atomic E-state index is 12.3. The van der Waals surface area contributed by atoms with Gasteiger partial charge in [-0.25, -0.2) is 4.79 Å². The second-order valence-corrected chi connectivity index (χ2v) is 8.38. The van der Waals surface area contributed by atoms with Crippen molar-refractivity contribution in [2.24, 2.45) is 23.7 Å². The van der Waals surface area contributed by atoms with E-state index in [1.165, 1.54) is 0 Å². The Morgan fingerprint density at radius 3 is 2.40 bits per heavy atom. The molecular weight excluding hydrogens is 374 g/mol. The number of carbonyl (C=O) groups is 1. The third kappa shape index (κ3) is 4.06. The van der Waals surface area contributed by atoms with Crippen LogP contribution >= 0.6 is 0 Å². The number of cyclic esters (lactones) is 1. The molecule has 0 spiro atoms. The SMILES string of the molecule is CC.CC1CC2(O)C(=O)OC(C)C2C(/C=C/c2ccc(-c3ccccc3)cn2)C1C. The predicted octanol–water partition coefficient (Wildman–Crippen LogP) is 5.37. The fraction of sp³-hybridized carbons (Fsp3) is 0.462. The van der Waals surface area contributed by atoms with Gasteiger partial charge in [0.2, 0.25) is 0 Å². The van der Waals surface area contributed by atoms with Crippen molar-refractivity contribution in [1.82, 2.24) is 4.98 Å². The Bertz CT molecular complexity index is 877. The number of nitrogens with zero attached hydrogens (tertiary/aromatic N) is 1. The van der Waals surface area contributed by atoms with Crippen LogP contribution in [-0.4, -0.2) is 27.8 Å². The first kappa shape index (κ1) is 22.2. The molecular formula is C26H33NO3. The third-order valence-electron chi connectivity index (χ3n) is 6.64. The minimum Gasteiger partial charge on any atom is -0.460 e. The highest BCUT2D eigenvalue weighted by Crippen LogP contribution is 2.51. The molecule has 1 aliphatic carbocycles. The van der Waals surface area contributed by atoms with Gasteiger partial charge in [-0.3, -0.25) is 4.98 Å². The van der Waals surface area contributed by atoms with Crippen LogP contribution < -0.4 is 0 Å². The fourth-order valence-electron chi connectivity index (χ4n) is 4.91. The van der Waals surface area contributed by atoms with Crippen molar-refractivity contribution in [3.05, 3.63) is 60.4 Å². The lowest BCUT2D eigenvalue weighted by Crippen LogP contribution is -2.52. The second-order valence-electron chi connectivity index (χ2n) is 8.38. The molecule has 1 N–H and O–H groups in total. The van der Waals surface area contributed by atoms with Gasteiger partial charge in [-0.15, -0.1) is 0 Å². The van der Waals surface area contributed by atoms with E-state index >= 15 is 0 Å². The van der Waals surface area contributed by atoms with Gasteiger partial charge >= 0.3 is 5.97 Å². The van der Waals surface area contributed by atoms with Gasteiger partial charge in [0.15, 0.2) is 5.60 Å². The zero-order chi connectivity index (χ0) is 21.9. The molecule has 6 atom stereocenters. The quantitative estimate of drug-likeness (QED) is 0.695. The molecule has 2 aromatic rings. The molecule has 0 amide bonds. The van der Waals surface area contributed by atoms with Crippen molar-refractivity contribution in [3.63, 3.8) is 0 Å². The van der Waals surface area contributed by atoms with E-state index in [1.807, 2.05) is 57.3 Å². The van der Waals surface area contributed by atoms with E-state index in [-0.39, 0.29) is 23.9 Å². The Hall–Kier alpha value is -2.46. The van der Waals surface area contributed by atoms with Crippen LogP contribution in [0.3, 0.4) is 0 Å². The molecule has 6 unspecified atom stereocenters. The summed E-state index contributed by atoms with van der Waals surface area (Å²) in [7, 11) is 0. The van der Waals surface area contributed by atoms with E-state index < -0.39 is 11.6 Å². The normalized spacial score (nSPS) is 32.9. The van der Waals surface area contributed by atoms with Crippen LogP contribution in [0.15, 0.2) is 54.7 Å². The summed E-state index contributed by atoms with van der Waals surface area (Å²) in [5.74, 6) is -0.0337. The molecule has 30 heavy (non-hydrogen) atoms. The summed E-state index contributed by atoms with van der Waals surface area (Å²) in [5.41, 5.74) is 1.72. The number of fused-ring (bicyclic) bond motifs is 1. The molecule has 4 nitrogen and oxygen atoms in total. The summed E-state index contributed by atoms with van der Waals surface area (Å²) < 4.78 is 5.42. The molecule has 1 aromatic carbocycles. The van der Waals surface area contributed by atoms with Gasteiger partial charge in [-0.2, -0.15) is 0 Å². The van der Waals surface area contributed by atoms with Crippen LogP contribution in [0.4, 0.5) is 0 Å². The van der Waals surface area contributed by atoms with Crippen LogP contribution in [0.1, 0.15) is 46.7 Å². The summed E-state index contributed by atoms with van der Waals surface area (Å²) in [6.07, 6.45) is 6.18. The first-order valence-electron chi connectivity index (χ1n) is 11.0. The van der Waals surface area contributed by atoms with Crippen LogP contribution in [-0.2, 0) is 9.53 Å². The van der Waals surface area contributed by atoms with Gasteiger partial charge in [-0.1, -0.05) is 70.2 Å². The summed E-state index contributed by atoms with van der Waals surface area (Å²) >= 11 is 0. The highest BCUT2D eigenvalue weighted by atomic mass is 16.6. The third-order valence-corrected chi connectivity index (χ3v) is 6.64. The molecule has 1 saturated heterocycles. The van der Waals surface area contributed by atoms with Gasteiger partial charge < -0.3 is 9.84 Å². The Morgan fingerprint density at radius 1 is 1.07 bits per heavy atom. The smallest absolute Gasteiger partial charge is 0.338 e. The van der Waals surface area contributed by atoms with Crippen molar-refractivity contribution in [3.8, 4) is 11.1 Å². The predicted molar refractivity (Wildman–Crippen MR) is 120 cm³/mol. The van der Waals surface area contributed by atoms with Crippen LogP contribution in [0.5, 0.6) is 0 Å². The van der Waals surface area contributed by atoms with Crippen molar-refractivity contribution in [1.29, 1.82) is 0 Å².